The molecule has 0 unspecified atom stereocenters. The van der Waals surface area contributed by atoms with Crippen molar-refractivity contribution in [1.82, 2.24) is 13.8 Å². The Morgan fingerprint density at radius 3 is 2.59 bits per heavy atom. The normalized spacial score (nSPS) is 11.1. The predicted molar refractivity (Wildman–Crippen MR) is 84.5 cm³/mol. The third kappa shape index (κ3) is 2.13. The van der Waals surface area contributed by atoms with E-state index in [0.29, 0.717) is 5.89 Å². The Morgan fingerprint density at radius 1 is 1.05 bits per heavy atom. The summed E-state index contributed by atoms with van der Waals surface area (Å²) in [4.78, 5) is 12.4. The molecule has 22 heavy (non-hydrogen) atoms. The Morgan fingerprint density at radius 2 is 1.82 bits per heavy atom. The van der Waals surface area contributed by atoms with Crippen molar-refractivity contribution in [2.75, 3.05) is 0 Å². The summed E-state index contributed by atoms with van der Waals surface area (Å²) in [6, 6.07) is 15.7. The molecule has 2 aromatic carbocycles. The molecular formula is C16H11N3O2Se. The summed E-state index contributed by atoms with van der Waals surface area (Å²) in [6.45, 7) is 2.02. The van der Waals surface area contributed by atoms with Gasteiger partial charge in [0.05, 0.1) is 0 Å². The Bertz CT molecular complexity index is 1010. The van der Waals surface area contributed by atoms with E-state index >= 15 is 0 Å². The number of aryl methyl sites for hydroxylation is 1. The van der Waals surface area contributed by atoms with E-state index in [-0.39, 0.29) is 26.3 Å². The van der Waals surface area contributed by atoms with Crippen LogP contribution in [0.2, 0.25) is 0 Å². The maximum atomic E-state index is 12.4. The van der Waals surface area contributed by atoms with Crippen molar-refractivity contribution < 1.29 is 4.42 Å². The standard InChI is InChI=1S/C16H11N3O2Se/c1-10-6-8-11(9-7-10)14-17-18-16(21-14)19-15(20)12-4-2-3-5-13(12)22-19/h2-9H,1H3. The minimum atomic E-state index is -0.162. The second-order valence-corrected chi connectivity index (χ2v) is 7.01. The fourth-order valence-corrected chi connectivity index (χ4v) is 4.14. The molecule has 0 aliphatic carbocycles. The second kappa shape index (κ2) is 5.09. The van der Waals surface area contributed by atoms with Crippen LogP contribution in [-0.2, 0) is 0 Å². The van der Waals surface area contributed by atoms with Gasteiger partial charge in [-0.05, 0) is 0 Å². The summed E-state index contributed by atoms with van der Waals surface area (Å²) in [6.07, 6.45) is 0. The number of hydrogen-bond donors (Lipinski definition) is 0. The van der Waals surface area contributed by atoms with Gasteiger partial charge in [0.2, 0.25) is 0 Å². The predicted octanol–water partition coefficient (Wildman–Crippen LogP) is 2.41. The van der Waals surface area contributed by atoms with Crippen LogP contribution in [0.5, 0.6) is 0 Å². The van der Waals surface area contributed by atoms with Crippen LogP contribution in [0.3, 0.4) is 0 Å². The van der Waals surface area contributed by atoms with Gasteiger partial charge in [-0.25, -0.2) is 0 Å². The molecule has 0 N–H and O–H groups in total. The molecule has 5 nitrogen and oxygen atoms in total. The van der Waals surface area contributed by atoms with E-state index in [1.165, 1.54) is 0 Å². The van der Waals surface area contributed by atoms with Gasteiger partial charge in [0.15, 0.2) is 0 Å². The van der Waals surface area contributed by atoms with Gasteiger partial charge < -0.3 is 0 Å². The summed E-state index contributed by atoms with van der Waals surface area (Å²) >= 11 is -0.162. The van der Waals surface area contributed by atoms with Gasteiger partial charge in [-0.3, -0.25) is 0 Å². The van der Waals surface area contributed by atoms with E-state index in [1.807, 2.05) is 55.5 Å². The first-order valence-corrected chi connectivity index (χ1v) is 8.36. The molecule has 108 valence electrons. The monoisotopic (exact) mass is 357 g/mol. The number of hydrogen-bond acceptors (Lipinski definition) is 4. The molecule has 4 aromatic rings. The van der Waals surface area contributed by atoms with E-state index in [4.69, 9.17) is 4.42 Å². The van der Waals surface area contributed by atoms with Gasteiger partial charge >= 0.3 is 131 Å². The molecule has 0 radical (unpaired) electrons. The van der Waals surface area contributed by atoms with E-state index in [0.717, 1.165) is 20.8 Å². The first-order valence-electron chi connectivity index (χ1n) is 6.74. The van der Waals surface area contributed by atoms with Crippen molar-refractivity contribution in [1.29, 1.82) is 0 Å². The van der Waals surface area contributed by atoms with Crippen molar-refractivity contribution in [3.05, 3.63) is 64.4 Å². The minimum absolute atomic E-state index is 0.0743. The molecule has 4 rings (SSSR count). The van der Waals surface area contributed by atoms with Crippen LogP contribution in [0.1, 0.15) is 5.56 Å². The van der Waals surface area contributed by atoms with Crippen LogP contribution < -0.4 is 5.56 Å². The number of fused-ring (bicyclic) bond motifs is 1. The zero-order chi connectivity index (χ0) is 15.1. The molecule has 0 saturated carbocycles. The van der Waals surface area contributed by atoms with Gasteiger partial charge in [-0.1, -0.05) is 0 Å². The van der Waals surface area contributed by atoms with Crippen molar-refractivity contribution in [3.8, 4) is 17.5 Å². The summed E-state index contributed by atoms with van der Waals surface area (Å²) in [5.74, 6) is 0.426. The van der Waals surface area contributed by atoms with E-state index < -0.39 is 0 Å². The van der Waals surface area contributed by atoms with Gasteiger partial charge in [0.1, 0.15) is 0 Å². The van der Waals surface area contributed by atoms with Gasteiger partial charge in [0.25, 0.3) is 0 Å². The van der Waals surface area contributed by atoms with E-state index in [2.05, 4.69) is 10.2 Å². The molecule has 0 atom stereocenters. The number of aromatic nitrogens is 3. The molecular weight excluding hydrogens is 345 g/mol. The second-order valence-electron chi connectivity index (χ2n) is 4.94. The fraction of sp³-hybridized carbons (Fsp3) is 0.0625. The SMILES string of the molecule is Cc1ccc(-c2nnc(-n3[se]c4ccccc4c3=O)o2)cc1. The number of rotatable bonds is 2. The van der Waals surface area contributed by atoms with E-state index in [9.17, 15) is 4.79 Å². The molecule has 0 aliphatic rings. The Kier molecular flexibility index (Phi) is 3.06. The quantitative estimate of drug-likeness (QED) is 0.518. The zero-order valence-electron chi connectivity index (χ0n) is 11.7. The molecule has 6 heteroatoms. The first-order chi connectivity index (χ1) is 10.7. The molecule has 0 amide bonds. The molecule has 2 aromatic heterocycles. The molecule has 0 saturated heterocycles. The van der Waals surface area contributed by atoms with Crippen molar-refractivity contribution in [2.45, 2.75) is 6.92 Å². The van der Waals surface area contributed by atoms with Crippen molar-refractivity contribution in [3.63, 3.8) is 0 Å². The van der Waals surface area contributed by atoms with Gasteiger partial charge in [-0.15, -0.1) is 0 Å². The third-order valence-electron chi connectivity index (χ3n) is 3.38. The molecule has 0 spiro atoms. The summed E-state index contributed by atoms with van der Waals surface area (Å²) in [7, 11) is 0. The van der Waals surface area contributed by atoms with Crippen LogP contribution in [0.15, 0.2) is 57.7 Å². The maximum absolute atomic E-state index is 12.4. The fourth-order valence-electron chi connectivity index (χ4n) is 2.21. The average Bonchev–Trinajstić information content (AvgIpc) is 3.14. The average molecular weight is 356 g/mol. The summed E-state index contributed by atoms with van der Waals surface area (Å²) < 4.78 is 8.30. The molecule has 0 aliphatic heterocycles. The van der Waals surface area contributed by atoms with Crippen LogP contribution in [0.25, 0.3) is 27.1 Å². The van der Waals surface area contributed by atoms with Gasteiger partial charge in [0, 0.05) is 0 Å². The summed E-state index contributed by atoms with van der Waals surface area (Å²) in [5.41, 5.74) is 1.94. The molecule has 0 fully saturated rings. The van der Waals surface area contributed by atoms with Crippen LogP contribution in [-0.4, -0.2) is 28.5 Å². The van der Waals surface area contributed by atoms with Crippen LogP contribution in [0.4, 0.5) is 0 Å². The zero-order valence-corrected chi connectivity index (χ0v) is 13.4. The molecule has 0 bridgehead atoms. The Labute approximate surface area is 131 Å². The number of nitrogens with zero attached hydrogens (tertiary/aromatic N) is 3. The third-order valence-corrected chi connectivity index (χ3v) is 5.60. The summed E-state index contributed by atoms with van der Waals surface area (Å²) in [5, 5.41) is 8.81. The topological polar surface area (TPSA) is 60.9 Å². The first kappa shape index (κ1) is 13.2. The number of benzene rings is 2. The van der Waals surface area contributed by atoms with Gasteiger partial charge in [-0.2, -0.15) is 0 Å². The van der Waals surface area contributed by atoms with Crippen LogP contribution in [0, 0.1) is 6.92 Å². The van der Waals surface area contributed by atoms with Crippen molar-refractivity contribution >= 4 is 24.4 Å². The Hall–Kier alpha value is -2.43. The van der Waals surface area contributed by atoms with Crippen LogP contribution >= 0.6 is 0 Å². The van der Waals surface area contributed by atoms with Crippen molar-refractivity contribution in [2.24, 2.45) is 0 Å². The van der Waals surface area contributed by atoms with E-state index in [1.54, 1.807) is 3.56 Å². The Balaban J connectivity index is 1.81. The molecule has 2 heterocycles.